The molecule has 152 valence electrons. The van der Waals surface area contributed by atoms with E-state index in [0.717, 1.165) is 22.3 Å². The molecule has 10 heteroatoms. The Kier molecular flexibility index (Phi) is 7.80. The fraction of sp³-hybridized carbons (Fsp3) is 0.389. The second-order valence-corrected chi connectivity index (χ2v) is 6.59. The van der Waals surface area contributed by atoms with Gasteiger partial charge < -0.3 is 15.4 Å². The van der Waals surface area contributed by atoms with Crippen LogP contribution >= 0.6 is 11.3 Å². The summed E-state index contributed by atoms with van der Waals surface area (Å²) in [6.07, 6.45) is -4.06. The van der Waals surface area contributed by atoms with Gasteiger partial charge in [-0.25, -0.2) is 9.78 Å². The van der Waals surface area contributed by atoms with Crippen molar-refractivity contribution in [2.24, 2.45) is 4.99 Å². The van der Waals surface area contributed by atoms with E-state index in [1.165, 1.54) is 0 Å². The van der Waals surface area contributed by atoms with Crippen molar-refractivity contribution < 1.29 is 22.7 Å². The molecule has 1 aromatic heterocycles. The monoisotopic (exact) mass is 414 g/mol. The maximum atomic E-state index is 12.5. The molecule has 28 heavy (non-hydrogen) atoms. The molecule has 0 unspecified atom stereocenters. The third-order valence-electron chi connectivity index (χ3n) is 3.62. The molecule has 2 N–H and O–H groups in total. The number of hydrogen-bond donors (Lipinski definition) is 2. The lowest BCUT2D eigenvalue weighted by Gasteiger charge is -2.11. The first-order chi connectivity index (χ1) is 13.3. The number of halogens is 3. The van der Waals surface area contributed by atoms with Gasteiger partial charge in [-0.2, -0.15) is 13.2 Å². The van der Waals surface area contributed by atoms with Crippen LogP contribution in [-0.4, -0.2) is 37.1 Å². The van der Waals surface area contributed by atoms with Crippen LogP contribution in [0.4, 0.5) is 13.2 Å². The summed E-state index contributed by atoms with van der Waals surface area (Å²) in [6, 6.07) is 6.99. The summed E-state index contributed by atoms with van der Waals surface area (Å²) >= 11 is 0.984. The molecule has 2 aromatic rings. The van der Waals surface area contributed by atoms with Crippen molar-refractivity contribution in [3.8, 4) is 0 Å². The van der Waals surface area contributed by atoms with Crippen molar-refractivity contribution in [2.45, 2.75) is 26.1 Å². The highest BCUT2D eigenvalue weighted by atomic mass is 32.1. The molecule has 0 amide bonds. The van der Waals surface area contributed by atoms with Crippen LogP contribution < -0.4 is 10.6 Å². The Hall–Kier alpha value is -2.62. The largest absolute Gasteiger partial charge is 0.462 e. The average molecular weight is 414 g/mol. The summed E-state index contributed by atoms with van der Waals surface area (Å²) in [6.45, 7) is 2.94. The number of alkyl halides is 3. The number of carbonyl (C=O) groups excluding carboxylic acids is 1. The maximum Gasteiger partial charge on any atom is 0.434 e. The van der Waals surface area contributed by atoms with Crippen LogP contribution in [-0.2, 0) is 23.9 Å². The molecule has 0 aliphatic carbocycles. The molecule has 1 aromatic carbocycles. The van der Waals surface area contributed by atoms with Crippen LogP contribution in [0.2, 0.25) is 0 Å². The normalized spacial score (nSPS) is 12.0. The summed E-state index contributed by atoms with van der Waals surface area (Å²) in [4.78, 5) is 19.3. The second-order valence-electron chi connectivity index (χ2n) is 5.64. The molecule has 0 bridgehead atoms. The minimum atomic E-state index is -4.41. The number of nitrogens with one attached hydrogen (secondary N) is 2. The standard InChI is InChI=1S/C18H21F3N4O2S/c1-3-27-16(26)13-6-4-12(5-7-13)10-24-17(22-2)23-9-8-15-25-14(11-28-15)18(19,20)21/h4-7,11H,3,8-10H2,1-2H3,(H2,22,23,24). The molecular weight excluding hydrogens is 393 g/mol. The van der Waals surface area contributed by atoms with Gasteiger partial charge in [0.25, 0.3) is 0 Å². The van der Waals surface area contributed by atoms with E-state index in [1.54, 1.807) is 38.2 Å². The number of rotatable bonds is 7. The van der Waals surface area contributed by atoms with Gasteiger partial charge in [0.2, 0.25) is 0 Å². The summed E-state index contributed by atoms with van der Waals surface area (Å²) in [5.41, 5.74) is 0.557. The molecule has 0 saturated heterocycles. The number of aromatic nitrogens is 1. The predicted molar refractivity (Wildman–Crippen MR) is 101 cm³/mol. The third-order valence-corrected chi connectivity index (χ3v) is 4.53. The van der Waals surface area contributed by atoms with Gasteiger partial charge in [-0.15, -0.1) is 11.3 Å². The van der Waals surface area contributed by atoms with Gasteiger partial charge in [-0.3, -0.25) is 4.99 Å². The van der Waals surface area contributed by atoms with E-state index in [0.29, 0.717) is 42.6 Å². The first kappa shape index (κ1) is 21.7. The minimum Gasteiger partial charge on any atom is -0.462 e. The lowest BCUT2D eigenvalue weighted by Crippen LogP contribution is -2.37. The zero-order valence-corrected chi connectivity index (χ0v) is 16.3. The number of carbonyl (C=O) groups is 1. The molecule has 0 aliphatic heterocycles. The Morgan fingerprint density at radius 1 is 1.25 bits per heavy atom. The van der Waals surface area contributed by atoms with E-state index in [9.17, 15) is 18.0 Å². The lowest BCUT2D eigenvalue weighted by atomic mass is 10.1. The fourth-order valence-electron chi connectivity index (χ4n) is 2.22. The zero-order chi connectivity index (χ0) is 20.6. The van der Waals surface area contributed by atoms with Crippen molar-refractivity contribution in [3.63, 3.8) is 0 Å². The van der Waals surface area contributed by atoms with Crippen LogP contribution in [0, 0.1) is 0 Å². The quantitative estimate of drug-likeness (QED) is 0.413. The summed E-state index contributed by atoms with van der Waals surface area (Å²) in [7, 11) is 1.60. The summed E-state index contributed by atoms with van der Waals surface area (Å²) in [5.74, 6) is 0.150. The molecule has 6 nitrogen and oxygen atoms in total. The van der Waals surface area contributed by atoms with Gasteiger partial charge in [-0.05, 0) is 24.6 Å². The van der Waals surface area contributed by atoms with E-state index in [-0.39, 0.29) is 5.97 Å². The van der Waals surface area contributed by atoms with E-state index >= 15 is 0 Å². The minimum absolute atomic E-state index is 0.322. The number of aliphatic imine (C=N–C) groups is 1. The number of ether oxygens (including phenoxy) is 1. The average Bonchev–Trinajstić information content (AvgIpc) is 3.14. The summed E-state index contributed by atoms with van der Waals surface area (Å²) < 4.78 is 42.6. The molecule has 0 radical (unpaired) electrons. The third kappa shape index (κ3) is 6.52. The van der Waals surface area contributed by atoms with Crippen LogP contribution in [0.1, 0.15) is 33.5 Å². The van der Waals surface area contributed by atoms with Crippen LogP contribution in [0.25, 0.3) is 0 Å². The smallest absolute Gasteiger partial charge is 0.434 e. The first-order valence-corrected chi connectivity index (χ1v) is 9.43. The number of nitrogens with zero attached hydrogens (tertiary/aromatic N) is 2. The number of thiazole rings is 1. The number of guanidine groups is 1. The highest BCUT2D eigenvalue weighted by Crippen LogP contribution is 2.29. The van der Waals surface area contributed by atoms with Crippen molar-refractivity contribution in [1.82, 2.24) is 15.6 Å². The maximum absolute atomic E-state index is 12.5. The van der Waals surface area contributed by atoms with Crippen molar-refractivity contribution in [1.29, 1.82) is 0 Å². The Balaban J connectivity index is 1.78. The number of benzene rings is 1. The van der Waals surface area contributed by atoms with Crippen molar-refractivity contribution in [2.75, 3.05) is 20.2 Å². The van der Waals surface area contributed by atoms with Gasteiger partial charge in [0.1, 0.15) is 0 Å². The van der Waals surface area contributed by atoms with Crippen LogP contribution in [0.3, 0.4) is 0 Å². The van der Waals surface area contributed by atoms with E-state index in [2.05, 4.69) is 20.6 Å². The molecule has 0 fully saturated rings. The molecule has 2 rings (SSSR count). The van der Waals surface area contributed by atoms with Crippen molar-refractivity contribution >= 4 is 23.3 Å². The second kappa shape index (κ2) is 10.1. The molecule has 1 heterocycles. The predicted octanol–water partition coefficient (Wildman–Crippen LogP) is 3.25. The molecular formula is C18H21F3N4O2S. The lowest BCUT2D eigenvalue weighted by molar-refractivity contribution is -0.140. The van der Waals surface area contributed by atoms with Crippen molar-refractivity contribution in [3.05, 3.63) is 51.5 Å². The first-order valence-electron chi connectivity index (χ1n) is 8.55. The summed E-state index contributed by atoms with van der Waals surface area (Å²) in [5, 5.41) is 7.56. The van der Waals surface area contributed by atoms with E-state index < -0.39 is 11.9 Å². The molecule has 0 saturated carbocycles. The van der Waals surface area contributed by atoms with Gasteiger partial charge in [-0.1, -0.05) is 12.1 Å². The Morgan fingerprint density at radius 2 is 1.96 bits per heavy atom. The van der Waals surface area contributed by atoms with E-state index in [1.807, 2.05) is 0 Å². The Bertz CT molecular complexity index is 804. The highest BCUT2D eigenvalue weighted by Gasteiger charge is 2.33. The van der Waals surface area contributed by atoms with Crippen LogP contribution in [0.5, 0.6) is 0 Å². The van der Waals surface area contributed by atoms with Gasteiger partial charge in [0.05, 0.1) is 17.2 Å². The van der Waals surface area contributed by atoms with Gasteiger partial charge in [0, 0.05) is 31.9 Å². The topological polar surface area (TPSA) is 75.6 Å². The Labute approximate surface area is 164 Å². The number of esters is 1. The van der Waals surface area contributed by atoms with Crippen LogP contribution in [0.15, 0.2) is 34.6 Å². The van der Waals surface area contributed by atoms with E-state index in [4.69, 9.17) is 4.74 Å². The van der Waals surface area contributed by atoms with Gasteiger partial charge >= 0.3 is 12.1 Å². The zero-order valence-electron chi connectivity index (χ0n) is 15.5. The molecule has 0 aliphatic rings. The highest BCUT2D eigenvalue weighted by molar-refractivity contribution is 7.09. The molecule has 0 atom stereocenters. The van der Waals surface area contributed by atoms with Gasteiger partial charge in [0.15, 0.2) is 11.7 Å². The Morgan fingerprint density at radius 3 is 2.54 bits per heavy atom. The fourth-order valence-corrected chi connectivity index (χ4v) is 3.03. The molecule has 0 spiro atoms. The SMILES string of the molecule is CCOC(=O)c1ccc(CNC(=NC)NCCc2nc(C(F)(F)F)cs2)cc1. The number of hydrogen-bond acceptors (Lipinski definition) is 5.